The minimum absolute atomic E-state index is 0.715. The molecule has 0 saturated heterocycles. The van der Waals surface area contributed by atoms with E-state index < -0.39 is 0 Å². The SMILES string of the molecule is COCCn1c(C)cc(-c2csc(Nc3cc(C)cc(C)c3)n2)c1C. The Morgan fingerprint density at radius 2 is 1.80 bits per heavy atom. The molecule has 1 N–H and O–H groups in total. The molecule has 3 aromatic rings. The molecule has 25 heavy (non-hydrogen) atoms. The largest absolute Gasteiger partial charge is 0.383 e. The van der Waals surface area contributed by atoms with Gasteiger partial charge >= 0.3 is 0 Å². The molecular formula is C20H25N3OS. The van der Waals surface area contributed by atoms with Crippen LogP contribution in [0.15, 0.2) is 29.6 Å². The Balaban J connectivity index is 1.84. The summed E-state index contributed by atoms with van der Waals surface area (Å²) in [6.07, 6.45) is 0. The van der Waals surface area contributed by atoms with Crippen molar-refractivity contribution < 1.29 is 4.74 Å². The maximum absolute atomic E-state index is 5.22. The van der Waals surface area contributed by atoms with Crippen molar-refractivity contribution in [2.75, 3.05) is 19.0 Å². The van der Waals surface area contributed by atoms with Gasteiger partial charge in [0.1, 0.15) is 0 Å². The number of ether oxygens (including phenoxy) is 1. The Hall–Kier alpha value is -2.11. The number of aryl methyl sites for hydroxylation is 3. The van der Waals surface area contributed by atoms with Gasteiger partial charge in [-0.2, -0.15) is 0 Å². The van der Waals surface area contributed by atoms with E-state index in [0.29, 0.717) is 6.61 Å². The third kappa shape index (κ3) is 3.94. The average Bonchev–Trinajstić information content (AvgIpc) is 3.10. The molecular weight excluding hydrogens is 330 g/mol. The van der Waals surface area contributed by atoms with Crippen LogP contribution in [0.1, 0.15) is 22.5 Å². The zero-order valence-electron chi connectivity index (χ0n) is 15.5. The molecule has 0 saturated carbocycles. The summed E-state index contributed by atoms with van der Waals surface area (Å²) in [6.45, 7) is 10.1. The van der Waals surface area contributed by atoms with Crippen molar-refractivity contribution in [2.45, 2.75) is 34.2 Å². The molecule has 0 atom stereocenters. The third-order valence-corrected chi connectivity index (χ3v) is 5.10. The van der Waals surface area contributed by atoms with Gasteiger partial charge in [0, 0.05) is 41.7 Å². The summed E-state index contributed by atoms with van der Waals surface area (Å²) < 4.78 is 7.50. The van der Waals surface area contributed by atoms with Crippen LogP contribution in [0.5, 0.6) is 0 Å². The highest BCUT2D eigenvalue weighted by molar-refractivity contribution is 7.14. The first kappa shape index (κ1) is 17.7. The minimum atomic E-state index is 0.715. The van der Waals surface area contributed by atoms with Gasteiger partial charge in [-0.05, 0) is 57.0 Å². The van der Waals surface area contributed by atoms with Crippen molar-refractivity contribution in [3.05, 3.63) is 52.2 Å². The molecule has 132 valence electrons. The van der Waals surface area contributed by atoms with E-state index in [0.717, 1.165) is 23.1 Å². The molecule has 0 aliphatic rings. The maximum atomic E-state index is 5.22. The fraction of sp³-hybridized carbons (Fsp3) is 0.350. The number of aromatic nitrogens is 2. The third-order valence-electron chi connectivity index (χ3n) is 4.35. The molecule has 0 fully saturated rings. The molecule has 0 aliphatic carbocycles. The second-order valence-electron chi connectivity index (χ2n) is 6.47. The van der Waals surface area contributed by atoms with Crippen molar-refractivity contribution in [1.29, 1.82) is 0 Å². The molecule has 4 nitrogen and oxygen atoms in total. The van der Waals surface area contributed by atoms with E-state index in [9.17, 15) is 0 Å². The fourth-order valence-electron chi connectivity index (χ4n) is 3.21. The molecule has 0 bridgehead atoms. The zero-order chi connectivity index (χ0) is 18.0. The van der Waals surface area contributed by atoms with Crippen LogP contribution < -0.4 is 5.32 Å². The van der Waals surface area contributed by atoms with Gasteiger partial charge < -0.3 is 14.6 Å². The number of methoxy groups -OCH3 is 1. The molecule has 0 unspecified atom stereocenters. The number of thiazole rings is 1. The van der Waals surface area contributed by atoms with Gasteiger partial charge in [-0.3, -0.25) is 0 Å². The van der Waals surface area contributed by atoms with Crippen LogP contribution in [0.4, 0.5) is 10.8 Å². The summed E-state index contributed by atoms with van der Waals surface area (Å²) in [5.41, 5.74) is 8.28. The summed E-state index contributed by atoms with van der Waals surface area (Å²) in [6, 6.07) is 8.67. The van der Waals surface area contributed by atoms with Crippen LogP contribution in [0.25, 0.3) is 11.3 Å². The van der Waals surface area contributed by atoms with E-state index in [2.05, 4.69) is 67.2 Å². The lowest BCUT2D eigenvalue weighted by Gasteiger charge is -2.08. The monoisotopic (exact) mass is 355 g/mol. The van der Waals surface area contributed by atoms with Gasteiger partial charge in [0.25, 0.3) is 0 Å². The van der Waals surface area contributed by atoms with Crippen LogP contribution in [0.3, 0.4) is 0 Å². The predicted molar refractivity (Wildman–Crippen MR) is 106 cm³/mol. The smallest absolute Gasteiger partial charge is 0.187 e. The first-order valence-electron chi connectivity index (χ1n) is 8.45. The molecule has 0 radical (unpaired) electrons. The topological polar surface area (TPSA) is 39.1 Å². The van der Waals surface area contributed by atoms with E-state index >= 15 is 0 Å². The van der Waals surface area contributed by atoms with Gasteiger partial charge in [-0.15, -0.1) is 11.3 Å². The number of anilines is 2. The quantitative estimate of drug-likeness (QED) is 0.657. The Bertz CT molecular complexity index is 859. The Morgan fingerprint density at radius 3 is 2.48 bits per heavy atom. The Morgan fingerprint density at radius 1 is 1.08 bits per heavy atom. The van der Waals surface area contributed by atoms with E-state index in [-0.39, 0.29) is 0 Å². The molecule has 5 heteroatoms. The average molecular weight is 356 g/mol. The van der Waals surface area contributed by atoms with E-state index in [1.807, 2.05) is 0 Å². The zero-order valence-corrected chi connectivity index (χ0v) is 16.3. The molecule has 0 amide bonds. The normalized spacial score (nSPS) is 11.1. The summed E-state index contributed by atoms with van der Waals surface area (Å²) in [5, 5.41) is 6.47. The lowest BCUT2D eigenvalue weighted by Crippen LogP contribution is -2.07. The fourth-order valence-corrected chi connectivity index (χ4v) is 3.94. The van der Waals surface area contributed by atoms with Gasteiger partial charge in [0.2, 0.25) is 0 Å². The molecule has 1 aromatic carbocycles. The van der Waals surface area contributed by atoms with Crippen molar-refractivity contribution in [3.8, 4) is 11.3 Å². The van der Waals surface area contributed by atoms with E-state index in [4.69, 9.17) is 9.72 Å². The van der Waals surface area contributed by atoms with Crippen molar-refractivity contribution in [2.24, 2.45) is 0 Å². The van der Waals surface area contributed by atoms with Crippen LogP contribution in [0.2, 0.25) is 0 Å². The van der Waals surface area contributed by atoms with Gasteiger partial charge in [-0.1, -0.05) is 6.07 Å². The maximum Gasteiger partial charge on any atom is 0.187 e. The number of hydrogen-bond donors (Lipinski definition) is 1. The number of nitrogens with zero attached hydrogens (tertiary/aromatic N) is 2. The molecule has 3 rings (SSSR count). The summed E-state index contributed by atoms with van der Waals surface area (Å²) >= 11 is 1.64. The van der Waals surface area contributed by atoms with Crippen LogP contribution in [0, 0.1) is 27.7 Å². The standard InChI is InChI=1S/C20H25N3OS/c1-13-8-14(2)10-17(9-13)21-20-22-19(12-25-20)18-11-15(3)23(16(18)4)6-7-24-5/h8-12H,6-7H2,1-5H3,(H,21,22). The first-order valence-corrected chi connectivity index (χ1v) is 9.33. The van der Waals surface area contributed by atoms with Crippen LogP contribution in [-0.2, 0) is 11.3 Å². The molecule has 2 aromatic heterocycles. The number of rotatable bonds is 6. The van der Waals surface area contributed by atoms with Crippen LogP contribution in [-0.4, -0.2) is 23.3 Å². The van der Waals surface area contributed by atoms with Crippen molar-refractivity contribution >= 4 is 22.2 Å². The van der Waals surface area contributed by atoms with Crippen molar-refractivity contribution in [1.82, 2.24) is 9.55 Å². The molecule has 0 spiro atoms. The lowest BCUT2D eigenvalue weighted by molar-refractivity contribution is 0.186. The predicted octanol–water partition coefficient (Wildman–Crippen LogP) is 5.24. The second-order valence-corrected chi connectivity index (χ2v) is 7.33. The highest BCUT2D eigenvalue weighted by atomic mass is 32.1. The first-order chi connectivity index (χ1) is 12.0. The number of hydrogen-bond acceptors (Lipinski definition) is 4. The van der Waals surface area contributed by atoms with E-state index in [1.165, 1.54) is 28.1 Å². The van der Waals surface area contributed by atoms with Crippen LogP contribution >= 0.6 is 11.3 Å². The number of nitrogens with one attached hydrogen (secondary N) is 1. The summed E-state index contributed by atoms with van der Waals surface area (Å²) in [7, 11) is 1.74. The summed E-state index contributed by atoms with van der Waals surface area (Å²) in [4.78, 5) is 4.79. The van der Waals surface area contributed by atoms with Gasteiger partial charge in [0.15, 0.2) is 5.13 Å². The Kier molecular flexibility index (Phi) is 5.25. The Labute approximate surface area is 153 Å². The lowest BCUT2D eigenvalue weighted by atomic mass is 10.1. The second kappa shape index (κ2) is 7.42. The van der Waals surface area contributed by atoms with Gasteiger partial charge in [0.05, 0.1) is 12.3 Å². The number of benzene rings is 1. The minimum Gasteiger partial charge on any atom is -0.383 e. The molecule has 2 heterocycles. The highest BCUT2D eigenvalue weighted by Crippen LogP contribution is 2.31. The molecule has 0 aliphatic heterocycles. The van der Waals surface area contributed by atoms with Crippen molar-refractivity contribution in [3.63, 3.8) is 0 Å². The summed E-state index contributed by atoms with van der Waals surface area (Å²) in [5.74, 6) is 0. The van der Waals surface area contributed by atoms with E-state index in [1.54, 1.807) is 18.4 Å². The highest BCUT2D eigenvalue weighted by Gasteiger charge is 2.13. The van der Waals surface area contributed by atoms with Gasteiger partial charge in [-0.25, -0.2) is 4.98 Å².